The van der Waals surface area contributed by atoms with E-state index in [9.17, 15) is 0 Å². The van der Waals surface area contributed by atoms with Crippen LogP contribution in [0.2, 0.25) is 5.02 Å². The number of hydrogen-bond donors (Lipinski definition) is 1. The zero-order valence-corrected chi connectivity index (χ0v) is 15.3. The van der Waals surface area contributed by atoms with Gasteiger partial charge in [-0.05, 0) is 47.4 Å². The number of nitrogens with two attached hydrogens (primary N) is 1. The predicted octanol–water partition coefficient (Wildman–Crippen LogP) is 4.57. The number of hydrogen-bond acceptors (Lipinski definition) is 4. The fourth-order valence-corrected chi connectivity index (χ4v) is 2.86. The lowest BCUT2D eigenvalue weighted by molar-refractivity contribution is 0.281. The summed E-state index contributed by atoms with van der Waals surface area (Å²) in [4.78, 5) is 4.14. The molecule has 1 unspecified atom stereocenters. The first-order valence-corrected chi connectivity index (χ1v) is 8.74. The summed E-state index contributed by atoms with van der Waals surface area (Å²) in [5.41, 5.74) is 9.37. The first-order chi connectivity index (χ1) is 12.7. The topological polar surface area (TPSA) is 57.4 Å². The number of nitrogens with zero attached hydrogens (tertiary/aromatic N) is 1. The molecule has 0 fully saturated rings. The Bertz CT molecular complexity index is 838. The van der Waals surface area contributed by atoms with E-state index in [-0.39, 0.29) is 6.04 Å². The molecular weight excluding hydrogens is 348 g/mol. The molecule has 2 aromatic carbocycles. The molecule has 0 saturated heterocycles. The van der Waals surface area contributed by atoms with Crippen molar-refractivity contribution in [2.75, 3.05) is 7.11 Å². The molecule has 0 aliphatic carbocycles. The normalized spacial score (nSPS) is 11.8. The lowest BCUT2D eigenvalue weighted by atomic mass is 10.00. The maximum Gasteiger partial charge on any atom is 0.164 e. The van der Waals surface area contributed by atoms with Gasteiger partial charge in [0.25, 0.3) is 0 Å². The number of pyridine rings is 1. The van der Waals surface area contributed by atoms with Crippen molar-refractivity contribution in [2.45, 2.75) is 19.1 Å². The SMILES string of the molecule is COc1cccc(CC(N)c2cccnc2)c1OCc1ccc(Cl)cc1. The minimum absolute atomic E-state index is 0.173. The van der Waals surface area contributed by atoms with Crippen LogP contribution in [0.5, 0.6) is 11.5 Å². The number of halogens is 1. The summed E-state index contributed by atoms with van der Waals surface area (Å²) in [6.45, 7) is 0.423. The van der Waals surface area contributed by atoms with Crippen LogP contribution in [0.4, 0.5) is 0 Å². The fourth-order valence-electron chi connectivity index (χ4n) is 2.73. The lowest BCUT2D eigenvalue weighted by Crippen LogP contribution is -2.14. The van der Waals surface area contributed by atoms with Gasteiger partial charge in [-0.15, -0.1) is 0 Å². The Morgan fingerprint density at radius 3 is 2.58 bits per heavy atom. The molecule has 2 N–H and O–H groups in total. The van der Waals surface area contributed by atoms with Crippen molar-refractivity contribution < 1.29 is 9.47 Å². The van der Waals surface area contributed by atoms with E-state index in [0.717, 1.165) is 16.7 Å². The van der Waals surface area contributed by atoms with Gasteiger partial charge in [0.2, 0.25) is 0 Å². The van der Waals surface area contributed by atoms with E-state index in [2.05, 4.69) is 4.98 Å². The highest BCUT2D eigenvalue weighted by atomic mass is 35.5. The van der Waals surface area contributed by atoms with Gasteiger partial charge >= 0.3 is 0 Å². The van der Waals surface area contributed by atoms with Crippen molar-refractivity contribution in [1.29, 1.82) is 0 Å². The van der Waals surface area contributed by atoms with Gasteiger partial charge < -0.3 is 15.2 Å². The minimum Gasteiger partial charge on any atom is -0.493 e. The molecule has 3 rings (SSSR count). The second-order valence-electron chi connectivity index (χ2n) is 5.96. The third-order valence-corrected chi connectivity index (χ3v) is 4.38. The van der Waals surface area contributed by atoms with Crippen LogP contribution in [0.25, 0.3) is 0 Å². The number of benzene rings is 2. The van der Waals surface area contributed by atoms with Gasteiger partial charge in [-0.2, -0.15) is 0 Å². The Morgan fingerprint density at radius 2 is 1.88 bits per heavy atom. The van der Waals surface area contributed by atoms with Crippen molar-refractivity contribution in [3.8, 4) is 11.5 Å². The average Bonchev–Trinajstić information content (AvgIpc) is 2.68. The molecule has 0 bridgehead atoms. The molecule has 0 amide bonds. The summed E-state index contributed by atoms with van der Waals surface area (Å²) in [6.07, 6.45) is 4.15. The first-order valence-electron chi connectivity index (χ1n) is 8.36. The largest absolute Gasteiger partial charge is 0.493 e. The minimum atomic E-state index is -0.173. The van der Waals surface area contributed by atoms with E-state index in [0.29, 0.717) is 29.5 Å². The monoisotopic (exact) mass is 368 g/mol. The van der Waals surface area contributed by atoms with Crippen LogP contribution in [0.1, 0.15) is 22.7 Å². The second kappa shape index (κ2) is 8.70. The van der Waals surface area contributed by atoms with Gasteiger partial charge in [0, 0.05) is 23.5 Å². The van der Waals surface area contributed by atoms with Gasteiger partial charge in [0.1, 0.15) is 6.61 Å². The fraction of sp³-hybridized carbons (Fsp3) is 0.190. The molecule has 134 valence electrons. The number of ether oxygens (including phenoxy) is 2. The number of para-hydroxylation sites is 1. The Kier molecular flexibility index (Phi) is 6.10. The maximum atomic E-state index is 6.36. The van der Waals surface area contributed by atoms with Crippen molar-refractivity contribution in [3.63, 3.8) is 0 Å². The van der Waals surface area contributed by atoms with E-state index in [4.69, 9.17) is 26.8 Å². The summed E-state index contributed by atoms with van der Waals surface area (Å²) in [7, 11) is 1.63. The van der Waals surface area contributed by atoms with Crippen LogP contribution in [0.15, 0.2) is 67.0 Å². The van der Waals surface area contributed by atoms with Crippen LogP contribution < -0.4 is 15.2 Å². The third-order valence-electron chi connectivity index (χ3n) is 4.13. The summed E-state index contributed by atoms with van der Waals surface area (Å²) >= 11 is 5.94. The van der Waals surface area contributed by atoms with Crippen molar-refractivity contribution >= 4 is 11.6 Å². The molecule has 3 aromatic rings. The Balaban J connectivity index is 1.80. The summed E-state index contributed by atoms with van der Waals surface area (Å²) in [6, 6.07) is 17.1. The molecule has 26 heavy (non-hydrogen) atoms. The van der Waals surface area contributed by atoms with Crippen LogP contribution in [-0.2, 0) is 13.0 Å². The third kappa shape index (κ3) is 4.54. The van der Waals surface area contributed by atoms with E-state index >= 15 is 0 Å². The van der Waals surface area contributed by atoms with Crippen LogP contribution in [-0.4, -0.2) is 12.1 Å². The molecular formula is C21H21ClN2O2. The van der Waals surface area contributed by atoms with Gasteiger partial charge in [0.15, 0.2) is 11.5 Å². The highest BCUT2D eigenvalue weighted by Crippen LogP contribution is 2.34. The molecule has 0 spiro atoms. The first kappa shape index (κ1) is 18.2. The smallest absolute Gasteiger partial charge is 0.164 e. The molecule has 1 heterocycles. The quantitative estimate of drug-likeness (QED) is 0.664. The zero-order valence-electron chi connectivity index (χ0n) is 14.6. The molecule has 0 saturated carbocycles. The van der Waals surface area contributed by atoms with Crippen LogP contribution in [0, 0.1) is 0 Å². The molecule has 4 nitrogen and oxygen atoms in total. The summed E-state index contributed by atoms with van der Waals surface area (Å²) < 4.78 is 11.6. The number of rotatable bonds is 7. The van der Waals surface area contributed by atoms with Gasteiger partial charge in [0.05, 0.1) is 7.11 Å². The highest BCUT2D eigenvalue weighted by Gasteiger charge is 2.15. The van der Waals surface area contributed by atoms with E-state index in [1.165, 1.54) is 0 Å². The van der Waals surface area contributed by atoms with Gasteiger partial charge in [-0.1, -0.05) is 41.9 Å². The molecule has 0 aliphatic rings. The van der Waals surface area contributed by atoms with E-state index in [1.54, 1.807) is 19.5 Å². The molecule has 1 atom stereocenters. The van der Waals surface area contributed by atoms with Crippen molar-refractivity contribution in [1.82, 2.24) is 4.98 Å². The van der Waals surface area contributed by atoms with Crippen molar-refractivity contribution in [2.24, 2.45) is 5.73 Å². The highest BCUT2D eigenvalue weighted by molar-refractivity contribution is 6.30. The number of methoxy groups -OCH3 is 1. The molecule has 5 heteroatoms. The van der Waals surface area contributed by atoms with E-state index < -0.39 is 0 Å². The average molecular weight is 369 g/mol. The van der Waals surface area contributed by atoms with Crippen LogP contribution in [0.3, 0.4) is 0 Å². The summed E-state index contributed by atoms with van der Waals surface area (Å²) in [5.74, 6) is 1.40. The molecule has 1 aromatic heterocycles. The Morgan fingerprint density at radius 1 is 1.08 bits per heavy atom. The zero-order chi connectivity index (χ0) is 18.4. The van der Waals surface area contributed by atoms with Gasteiger partial charge in [-0.25, -0.2) is 0 Å². The Labute approximate surface area is 158 Å². The second-order valence-corrected chi connectivity index (χ2v) is 6.40. The van der Waals surface area contributed by atoms with Gasteiger partial charge in [-0.3, -0.25) is 4.98 Å². The summed E-state index contributed by atoms with van der Waals surface area (Å²) in [5, 5.41) is 0.703. The predicted molar refractivity (Wildman–Crippen MR) is 104 cm³/mol. The van der Waals surface area contributed by atoms with Crippen molar-refractivity contribution in [3.05, 3.63) is 88.7 Å². The maximum absolute atomic E-state index is 6.36. The Hall–Kier alpha value is -2.56. The standard InChI is InChI=1S/C21H21ClN2O2/c1-25-20-6-2-4-16(12-19(23)17-5-3-11-24-13-17)21(20)26-14-15-7-9-18(22)10-8-15/h2-11,13,19H,12,14,23H2,1H3. The number of aromatic nitrogens is 1. The van der Waals surface area contributed by atoms with Crippen LogP contribution >= 0.6 is 11.6 Å². The van der Waals surface area contributed by atoms with E-state index in [1.807, 2.05) is 54.6 Å². The molecule has 0 aliphatic heterocycles. The molecule has 0 radical (unpaired) electrons. The lowest BCUT2D eigenvalue weighted by Gasteiger charge is -2.18.